The molecule has 0 saturated carbocycles. The lowest BCUT2D eigenvalue weighted by Crippen LogP contribution is -2.18. The molecule has 0 aromatic carbocycles. The van der Waals surface area contributed by atoms with Crippen LogP contribution in [0.25, 0.3) is 0 Å². The van der Waals surface area contributed by atoms with Crippen molar-refractivity contribution in [2.75, 3.05) is 12.4 Å². The van der Waals surface area contributed by atoms with Crippen molar-refractivity contribution in [3.05, 3.63) is 17.5 Å². The fraction of sp³-hybridized carbons (Fsp3) is 0.643. The molecule has 0 atom stereocenters. The monoisotopic (exact) mass is 355 g/mol. The van der Waals surface area contributed by atoms with Gasteiger partial charge in [0.15, 0.2) is 9.84 Å². The molecule has 1 heterocycles. The number of hydrogen-bond donors (Lipinski definition) is 1. The maximum absolute atomic E-state index is 13.2. The Balaban J connectivity index is 3.18. The van der Waals surface area contributed by atoms with E-state index < -0.39 is 43.9 Å². The van der Waals surface area contributed by atoms with Gasteiger partial charge in [-0.3, -0.25) is 0 Å². The molecule has 23 heavy (non-hydrogen) atoms. The standard InChI is InChI=1S/C14H20F3NO4S/c1-3-5-6-7-8-23(20,21)10-9-18-12(13(19)22-4-2)11(10)14(15,16)17/h9,18H,3-8H2,1-2H3. The predicted molar refractivity (Wildman–Crippen MR) is 77.9 cm³/mol. The van der Waals surface area contributed by atoms with Crippen LogP contribution in [0.1, 0.15) is 55.6 Å². The maximum atomic E-state index is 13.2. The minimum atomic E-state index is -4.98. The Bertz CT molecular complexity index is 635. The highest BCUT2D eigenvalue weighted by Crippen LogP contribution is 2.37. The van der Waals surface area contributed by atoms with E-state index in [1.807, 2.05) is 6.92 Å². The zero-order valence-corrected chi connectivity index (χ0v) is 13.8. The van der Waals surface area contributed by atoms with Gasteiger partial charge in [-0.2, -0.15) is 13.2 Å². The molecule has 0 spiro atoms. The van der Waals surface area contributed by atoms with Crippen molar-refractivity contribution in [3.8, 4) is 0 Å². The number of H-pyrrole nitrogens is 1. The number of aromatic nitrogens is 1. The number of hydrogen-bond acceptors (Lipinski definition) is 4. The summed E-state index contributed by atoms with van der Waals surface area (Å²) in [6.45, 7) is 3.27. The Kier molecular flexibility index (Phi) is 6.67. The zero-order chi connectivity index (χ0) is 17.7. The predicted octanol–water partition coefficient (Wildman–Crippen LogP) is 3.56. The van der Waals surface area contributed by atoms with E-state index in [9.17, 15) is 26.4 Å². The summed E-state index contributed by atoms with van der Waals surface area (Å²) < 4.78 is 68.6. The highest BCUT2D eigenvalue weighted by molar-refractivity contribution is 7.91. The van der Waals surface area contributed by atoms with Crippen LogP contribution in [0.15, 0.2) is 11.1 Å². The molecule has 0 aliphatic rings. The molecule has 0 amide bonds. The second-order valence-corrected chi connectivity index (χ2v) is 7.08. The Morgan fingerprint density at radius 2 is 1.87 bits per heavy atom. The lowest BCUT2D eigenvalue weighted by atomic mass is 10.2. The van der Waals surface area contributed by atoms with Crippen molar-refractivity contribution >= 4 is 15.8 Å². The molecule has 0 bridgehead atoms. The quantitative estimate of drug-likeness (QED) is 0.571. The molecule has 0 fully saturated rings. The van der Waals surface area contributed by atoms with E-state index in [0.29, 0.717) is 12.6 Å². The smallest absolute Gasteiger partial charge is 0.420 e. The third-order valence-corrected chi connectivity index (χ3v) is 5.03. The minimum absolute atomic E-state index is 0.117. The fourth-order valence-corrected chi connectivity index (χ4v) is 3.70. The van der Waals surface area contributed by atoms with Gasteiger partial charge in [-0.25, -0.2) is 13.2 Å². The molecule has 1 aromatic heterocycles. The molecule has 1 aromatic rings. The largest absolute Gasteiger partial charge is 0.461 e. The molecule has 0 radical (unpaired) electrons. The average Bonchev–Trinajstić information content (AvgIpc) is 2.90. The number of carbonyl (C=O) groups is 1. The Labute approximate surface area is 133 Å². The van der Waals surface area contributed by atoms with E-state index in [2.05, 4.69) is 9.72 Å². The van der Waals surface area contributed by atoms with Crippen LogP contribution >= 0.6 is 0 Å². The van der Waals surface area contributed by atoms with Gasteiger partial charge in [0.05, 0.1) is 17.3 Å². The highest BCUT2D eigenvalue weighted by Gasteiger charge is 2.43. The molecule has 132 valence electrons. The van der Waals surface area contributed by atoms with Crippen LogP contribution in [-0.2, 0) is 20.8 Å². The summed E-state index contributed by atoms with van der Waals surface area (Å²) in [5.74, 6) is -1.62. The molecule has 0 saturated heterocycles. The van der Waals surface area contributed by atoms with Gasteiger partial charge in [0.1, 0.15) is 11.3 Å². The summed E-state index contributed by atoms with van der Waals surface area (Å²) in [4.78, 5) is 12.8. The van der Waals surface area contributed by atoms with Gasteiger partial charge in [-0.1, -0.05) is 26.2 Å². The molecule has 1 N–H and O–H groups in total. The number of carbonyl (C=O) groups excluding carboxylic acids is 1. The van der Waals surface area contributed by atoms with Crippen molar-refractivity contribution in [1.29, 1.82) is 0 Å². The van der Waals surface area contributed by atoms with E-state index in [0.717, 1.165) is 12.8 Å². The topological polar surface area (TPSA) is 76.2 Å². The van der Waals surface area contributed by atoms with Crippen molar-refractivity contribution in [3.63, 3.8) is 0 Å². The molecular weight excluding hydrogens is 335 g/mol. The SMILES string of the molecule is CCCCCCS(=O)(=O)c1c[nH]c(C(=O)OCC)c1C(F)(F)F. The summed E-state index contributed by atoms with van der Waals surface area (Å²) in [5.41, 5.74) is -2.36. The Morgan fingerprint density at radius 3 is 2.39 bits per heavy atom. The number of esters is 1. The number of nitrogens with one attached hydrogen (secondary N) is 1. The Hall–Kier alpha value is -1.51. The lowest BCUT2D eigenvalue weighted by molar-refractivity contribution is -0.140. The molecular formula is C14H20F3NO4S. The molecule has 1 rings (SSSR count). The molecule has 0 aliphatic carbocycles. The highest BCUT2D eigenvalue weighted by atomic mass is 32.2. The number of halogens is 3. The van der Waals surface area contributed by atoms with Crippen molar-refractivity contribution < 1.29 is 31.1 Å². The number of unbranched alkanes of at least 4 members (excludes halogenated alkanes) is 3. The first kappa shape index (κ1) is 19.5. The van der Waals surface area contributed by atoms with Crippen molar-refractivity contribution in [2.45, 2.75) is 50.6 Å². The zero-order valence-electron chi connectivity index (χ0n) is 13.0. The van der Waals surface area contributed by atoms with E-state index in [4.69, 9.17) is 0 Å². The van der Waals surface area contributed by atoms with Gasteiger partial charge in [0.25, 0.3) is 0 Å². The number of ether oxygens (including phenoxy) is 1. The summed E-state index contributed by atoms with van der Waals surface area (Å²) in [7, 11) is -4.14. The van der Waals surface area contributed by atoms with Crippen LogP contribution in [0.5, 0.6) is 0 Å². The number of alkyl halides is 3. The molecule has 0 unspecified atom stereocenters. The van der Waals surface area contributed by atoms with Gasteiger partial charge < -0.3 is 9.72 Å². The van der Waals surface area contributed by atoms with Crippen molar-refractivity contribution in [2.24, 2.45) is 0 Å². The first-order chi connectivity index (χ1) is 10.6. The van der Waals surface area contributed by atoms with Gasteiger partial charge in [0.2, 0.25) is 0 Å². The van der Waals surface area contributed by atoms with Crippen LogP contribution in [0, 0.1) is 0 Å². The molecule has 9 heteroatoms. The average molecular weight is 355 g/mol. The summed E-state index contributed by atoms with van der Waals surface area (Å²) in [6, 6.07) is 0. The second kappa shape index (κ2) is 7.85. The number of sulfone groups is 1. The summed E-state index contributed by atoms with van der Waals surface area (Å²) in [6.07, 6.45) is -1.69. The molecule has 0 aliphatic heterocycles. The van der Waals surface area contributed by atoms with Crippen LogP contribution in [0.4, 0.5) is 13.2 Å². The summed E-state index contributed by atoms with van der Waals surface area (Å²) in [5, 5.41) is 0. The van der Waals surface area contributed by atoms with E-state index in [1.54, 1.807) is 0 Å². The maximum Gasteiger partial charge on any atom is 0.420 e. The van der Waals surface area contributed by atoms with Gasteiger partial charge in [-0.15, -0.1) is 0 Å². The van der Waals surface area contributed by atoms with E-state index in [-0.39, 0.29) is 13.0 Å². The van der Waals surface area contributed by atoms with E-state index in [1.165, 1.54) is 6.92 Å². The third kappa shape index (κ3) is 4.98. The first-order valence-electron chi connectivity index (χ1n) is 7.33. The van der Waals surface area contributed by atoms with Crippen LogP contribution in [-0.4, -0.2) is 31.7 Å². The first-order valence-corrected chi connectivity index (χ1v) is 8.98. The third-order valence-electron chi connectivity index (χ3n) is 3.21. The number of rotatable bonds is 8. The van der Waals surface area contributed by atoms with Crippen LogP contribution in [0.2, 0.25) is 0 Å². The van der Waals surface area contributed by atoms with Crippen LogP contribution in [0.3, 0.4) is 0 Å². The van der Waals surface area contributed by atoms with Gasteiger partial charge >= 0.3 is 12.1 Å². The van der Waals surface area contributed by atoms with Gasteiger partial charge in [0, 0.05) is 6.20 Å². The summed E-state index contributed by atoms with van der Waals surface area (Å²) >= 11 is 0. The lowest BCUT2D eigenvalue weighted by Gasteiger charge is -2.11. The second-order valence-electron chi connectivity index (χ2n) is 5.00. The minimum Gasteiger partial charge on any atom is -0.461 e. The molecule has 5 nitrogen and oxygen atoms in total. The van der Waals surface area contributed by atoms with Crippen molar-refractivity contribution in [1.82, 2.24) is 4.98 Å². The Morgan fingerprint density at radius 1 is 1.22 bits per heavy atom. The normalized spacial score (nSPS) is 12.4. The van der Waals surface area contributed by atoms with Crippen LogP contribution < -0.4 is 0 Å². The fourth-order valence-electron chi connectivity index (χ4n) is 2.13. The van der Waals surface area contributed by atoms with E-state index >= 15 is 0 Å². The number of aromatic amines is 1. The van der Waals surface area contributed by atoms with Gasteiger partial charge in [-0.05, 0) is 13.3 Å².